The van der Waals surface area contributed by atoms with Crippen molar-refractivity contribution in [3.63, 3.8) is 0 Å². The highest BCUT2D eigenvalue weighted by molar-refractivity contribution is 6.08. The summed E-state index contributed by atoms with van der Waals surface area (Å²) in [5, 5.41) is 0.682. The molecule has 1 heterocycles. The largest absolute Gasteiger partial charge is 0.497 e. The van der Waals surface area contributed by atoms with Crippen LogP contribution in [0.1, 0.15) is 32.6 Å². The molecule has 182 valence electrons. The van der Waals surface area contributed by atoms with Crippen LogP contribution >= 0.6 is 0 Å². The van der Waals surface area contributed by atoms with Crippen molar-refractivity contribution in [3.05, 3.63) is 105 Å². The number of rotatable bonds is 8. The van der Waals surface area contributed by atoms with Gasteiger partial charge < -0.3 is 18.6 Å². The lowest BCUT2D eigenvalue weighted by molar-refractivity contribution is 0.104. The molecule has 0 saturated heterocycles. The summed E-state index contributed by atoms with van der Waals surface area (Å²) in [5.74, 6) is 1.43. The first-order valence-corrected chi connectivity index (χ1v) is 11.3. The molecule has 0 spiro atoms. The average molecular weight is 483 g/mol. The Morgan fingerprint density at radius 3 is 2.25 bits per heavy atom. The molecule has 4 aromatic rings. The van der Waals surface area contributed by atoms with E-state index >= 15 is 0 Å². The van der Waals surface area contributed by atoms with Gasteiger partial charge in [-0.15, -0.1) is 0 Å². The van der Waals surface area contributed by atoms with Crippen LogP contribution in [0.25, 0.3) is 29.2 Å². The zero-order valence-corrected chi connectivity index (χ0v) is 20.5. The Balaban J connectivity index is 1.71. The van der Waals surface area contributed by atoms with Crippen LogP contribution in [0.15, 0.2) is 76.0 Å². The van der Waals surface area contributed by atoms with Crippen molar-refractivity contribution in [2.24, 2.45) is 0 Å². The van der Waals surface area contributed by atoms with Crippen LogP contribution in [0.5, 0.6) is 17.2 Å². The van der Waals surface area contributed by atoms with Crippen molar-refractivity contribution in [1.29, 1.82) is 0 Å². The Hall–Kier alpha value is -4.58. The van der Waals surface area contributed by atoms with E-state index < -0.39 is 11.4 Å². The van der Waals surface area contributed by atoms with Crippen LogP contribution in [0.2, 0.25) is 0 Å². The van der Waals surface area contributed by atoms with Crippen molar-refractivity contribution >= 4 is 35.0 Å². The monoisotopic (exact) mass is 482 g/mol. The zero-order valence-electron chi connectivity index (χ0n) is 20.5. The van der Waals surface area contributed by atoms with Gasteiger partial charge in [0.15, 0.2) is 5.78 Å². The van der Waals surface area contributed by atoms with E-state index in [0.717, 1.165) is 22.4 Å². The standard InChI is InChI=1S/C30H26O6/c1-19-5-9-22-17-26(30(32)36-28(22)15-19)27(31)14-13-25-21(16-24(34-3)18-29(25)35-4)10-6-20-7-11-23(33-2)12-8-20/h5-18H,1-4H3/b10-6?,14-13+. The second-order valence-electron chi connectivity index (χ2n) is 8.13. The van der Waals surface area contributed by atoms with Crippen molar-refractivity contribution in [2.75, 3.05) is 21.3 Å². The Bertz CT molecular complexity index is 1520. The Labute approximate surface area is 209 Å². The molecule has 0 amide bonds. The molecule has 36 heavy (non-hydrogen) atoms. The molecular weight excluding hydrogens is 456 g/mol. The molecule has 0 unspecified atom stereocenters. The fourth-order valence-electron chi connectivity index (χ4n) is 3.76. The lowest BCUT2D eigenvalue weighted by Crippen LogP contribution is -2.12. The van der Waals surface area contributed by atoms with Crippen LogP contribution in [-0.4, -0.2) is 27.1 Å². The first kappa shape index (κ1) is 24.5. The summed E-state index contributed by atoms with van der Waals surface area (Å²) in [5.41, 5.74) is 3.10. The third-order valence-corrected chi connectivity index (χ3v) is 5.73. The zero-order chi connectivity index (χ0) is 25.7. The van der Waals surface area contributed by atoms with Gasteiger partial charge in [0.2, 0.25) is 0 Å². The molecule has 1 aromatic heterocycles. The summed E-state index contributed by atoms with van der Waals surface area (Å²) >= 11 is 0. The molecule has 3 aromatic carbocycles. The molecule has 0 aliphatic carbocycles. The summed E-state index contributed by atoms with van der Waals surface area (Å²) in [4.78, 5) is 25.5. The molecular formula is C30H26O6. The average Bonchev–Trinajstić information content (AvgIpc) is 2.90. The van der Waals surface area contributed by atoms with E-state index in [0.29, 0.717) is 28.0 Å². The molecule has 0 N–H and O–H groups in total. The molecule has 4 rings (SSSR count). The SMILES string of the molecule is COc1ccc(C=Cc2cc(OC)cc(OC)c2/C=C/C(=O)c2cc3ccc(C)cc3oc2=O)cc1. The fraction of sp³-hybridized carbons (Fsp3) is 0.133. The molecule has 0 saturated carbocycles. The number of hydrogen-bond acceptors (Lipinski definition) is 6. The maximum atomic E-state index is 13.0. The van der Waals surface area contributed by atoms with Gasteiger partial charge in [-0.25, -0.2) is 4.79 Å². The highest BCUT2D eigenvalue weighted by atomic mass is 16.5. The number of aryl methyl sites for hydroxylation is 1. The number of benzene rings is 3. The normalized spacial score (nSPS) is 11.3. The first-order valence-electron chi connectivity index (χ1n) is 11.3. The Kier molecular flexibility index (Phi) is 7.35. The van der Waals surface area contributed by atoms with Gasteiger partial charge in [-0.2, -0.15) is 0 Å². The van der Waals surface area contributed by atoms with Gasteiger partial charge in [-0.1, -0.05) is 36.4 Å². The highest BCUT2D eigenvalue weighted by Gasteiger charge is 2.13. The minimum Gasteiger partial charge on any atom is -0.497 e. The first-order chi connectivity index (χ1) is 17.4. The van der Waals surface area contributed by atoms with Crippen molar-refractivity contribution in [1.82, 2.24) is 0 Å². The van der Waals surface area contributed by atoms with Crippen LogP contribution in [0, 0.1) is 6.92 Å². The number of ether oxygens (including phenoxy) is 3. The summed E-state index contributed by atoms with van der Waals surface area (Å²) in [6.07, 6.45) is 6.82. The topological polar surface area (TPSA) is 75.0 Å². The van der Waals surface area contributed by atoms with Crippen LogP contribution < -0.4 is 19.8 Å². The number of carbonyl (C=O) groups is 1. The Morgan fingerprint density at radius 2 is 1.56 bits per heavy atom. The van der Waals surface area contributed by atoms with E-state index in [-0.39, 0.29) is 5.56 Å². The minimum absolute atomic E-state index is 0.0367. The summed E-state index contributed by atoms with van der Waals surface area (Å²) in [6, 6.07) is 18.3. The Morgan fingerprint density at radius 1 is 0.806 bits per heavy atom. The van der Waals surface area contributed by atoms with Crippen molar-refractivity contribution in [3.8, 4) is 17.2 Å². The van der Waals surface area contributed by atoms with Gasteiger partial charge in [0.1, 0.15) is 28.4 Å². The van der Waals surface area contributed by atoms with Crippen molar-refractivity contribution < 1.29 is 23.4 Å². The van der Waals surface area contributed by atoms with Gasteiger partial charge in [0, 0.05) is 17.0 Å². The molecule has 0 aliphatic rings. The number of allylic oxidation sites excluding steroid dienone is 1. The molecule has 0 fully saturated rings. The number of ketones is 1. The molecule has 6 heteroatoms. The van der Waals surface area contributed by atoms with E-state index in [2.05, 4.69) is 0 Å². The van der Waals surface area contributed by atoms with Gasteiger partial charge in [-0.3, -0.25) is 4.79 Å². The molecule has 6 nitrogen and oxygen atoms in total. The fourth-order valence-corrected chi connectivity index (χ4v) is 3.76. The maximum Gasteiger partial charge on any atom is 0.347 e. The van der Waals surface area contributed by atoms with E-state index in [1.807, 2.05) is 61.5 Å². The lowest BCUT2D eigenvalue weighted by atomic mass is 10.0. The van der Waals surface area contributed by atoms with Gasteiger partial charge in [0.05, 0.1) is 21.3 Å². The third-order valence-electron chi connectivity index (χ3n) is 5.73. The number of methoxy groups -OCH3 is 3. The number of fused-ring (bicyclic) bond motifs is 1. The number of hydrogen-bond donors (Lipinski definition) is 0. The summed E-state index contributed by atoms with van der Waals surface area (Å²) in [6.45, 7) is 1.91. The predicted octanol–water partition coefficient (Wildman–Crippen LogP) is 6.19. The highest BCUT2D eigenvalue weighted by Crippen LogP contribution is 2.31. The number of carbonyl (C=O) groups excluding carboxylic acids is 1. The summed E-state index contributed by atoms with van der Waals surface area (Å²) in [7, 11) is 4.74. The molecule has 0 atom stereocenters. The van der Waals surface area contributed by atoms with Crippen molar-refractivity contribution in [2.45, 2.75) is 6.92 Å². The molecule has 0 bridgehead atoms. The smallest absolute Gasteiger partial charge is 0.347 e. The molecule has 0 aliphatic heterocycles. The minimum atomic E-state index is -0.677. The van der Waals surface area contributed by atoms with Crippen LogP contribution in [0.4, 0.5) is 0 Å². The van der Waals surface area contributed by atoms with Gasteiger partial charge in [0.25, 0.3) is 0 Å². The van der Waals surface area contributed by atoms with E-state index in [1.165, 1.54) is 6.08 Å². The van der Waals surface area contributed by atoms with Gasteiger partial charge in [-0.05, 0) is 66.1 Å². The second kappa shape index (κ2) is 10.8. The molecule has 0 radical (unpaired) electrons. The van der Waals surface area contributed by atoms with E-state index in [1.54, 1.807) is 45.6 Å². The van der Waals surface area contributed by atoms with Crippen LogP contribution in [0.3, 0.4) is 0 Å². The quantitative estimate of drug-likeness (QED) is 0.129. The van der Waals surface area contributed by atoms with E-state index in [4.69, 9.17) is 18.6 Å². The lowest BCUT2D eigenvalue weighted by Gasteiger charge is -2.11. The van der Waals surface area contributed by atoms with Gasteiger partial charge >= 0.3 is 5.63 Å². The maximum absolute atomic E-state index is 13.0. The summed E-state index contributed by atoms with van der Waals surface area (Å²) < 4.78 is 21.6. The van der Waals surface area contributed by atoms with E-state index in [9.17, 15) is 9.59 Å². The third kappa shape index (κ3) is 5.39. The second-order valence-corrected chi connectivity index (χ2v) is 8.13. The van der Waals surface area contributed by atoms with Crippen LogP contribution in [-0.2, 0) is 0 Å². The predicted molar refractivity (Wildman–Crippen MR) is 142 cm³/mol.